The monoisotopic (exact) mass is 315 g/mol. The molecule has 1 aromatic heterocycles. The summed E-state index contributed by atoms with van der Waals surface area (Å²) in [5, 5.41) is 3.23. The van der Waals surface area contributed by atoms with Gasteiger partial charge in [0, 0.05) is 26.6 Å². The number of ketones is 1. The maximum absolute atomic E-state index is 11.9. The van der Waals surface area contributed by atoms with Crippen molar-refractivity contribution in [1.29, 1.82) is 0 Å². The van der Waals surface area contributed by atoms with Gasteiger partial charge in [0.05, 0.1) is 6.42 Å². The number of nitrogens with zero attached hydrogens (tertiary/aromatic N) is 1. The van der Waals surface area contributed by atoms with Crippen molar-refractivity contribution in [3.8, 4) is 0 Å². The van der Waals surface area contributed by atoms with E-state index < -0.39 is 0 Å². The van der Waals surface area contributed by atoms with Crippen molar-refractivity contribution < 1.29 is 4.79 Å². The smallest absolute Gasteiger partial charge is 0.169 e. The minimum atomic E-state index is 0.0261. The van der Waals surface area contributed by atoms with Crippen molar-refractivity contribution in [2.45, 2.75) is 6.42 Å². The summed E-state index contributed by atoms with van der Waals surface area (Å²) in [6.07, 6.45) is 2.02. The molecule has 0 unspecified atom stereocenters. The van der Waals surface area contributed by atoms with Crippen LogP contribution < -0.4 is 0 Å². The van der Waals surface area contributed by atoms with Crippen LogP contribution >= 0.6 is 38.9 Å². The van der Waals surface area contributed by atoms with Gasteiger partial charge in [0.25, 0.3) is 0 Å². The van der Waals surface area contributed by atoms with Crippen molar-refractivity contribution in [2.24, 2.45) is 0 Å². The van der Waals surface area contributed by atoms with E-state index in [-0.39, 0.29) is 5.78 Å². The number of carbonyl (C=O) groups is 1. The molecule has 0 aliphatic heterocycles. The molecule has 2 nitrogen and oxygen atoms in total. The van der Waals surface area contributed by atoms with Gasteiger partial charge in [0.15, 0.2) is 5.78 Å². The molecule has 2 aromatic rings. The van der Waals surface area contributed by atoms with E-state index in [1.165, 1.54) is 11.3 Å². The van der Waals surface area contributed by atoms with Gasteiger partial charge in [0.1, 0.15) is 5.01 Å². The maximum atomic E-state index is 11.9. The highest BCUT2D eigenvalue weighted by molar-refractivity contribution is 9.10. The van der Waals surface area contributed by atoms with Crippen molar-refractivity contribution in [1.82, 2.24) is 4.98 Å². The van der Waals surface area contributed by atoms with Crippen LogP contribution in [0.1, 0.15) is 15.4 Å². The van der Waals surface area contributed by atoms with Crippen molar-refractivity contribution in [3.05, 3.63) is 49.8 Å². The van der Waals surface area contributed by atoms with Crippen molar-refractivity contribution in [2.75, 3.05) is 0 Å². The van der Waals surface area contributed by atoms with Gasteiger partial charge in [-0.25, -0.2) is 4.98 Å². The van der Waals surface area contributed by atoms with Gasteiger partial charge in [-0.15, -0.1) is 11.3 Å². The minimum absolute atomic E-state index is 0.0261. The van der Waals surface area contributed by atoms with Gasteiger partial charge >= 0.3 is 0 Å². The Bertz CT molecular complexity index is 492. The molecule has 0 atom stereocenters. The molecular formula is C11H7BrClNOS. The van der Waals surface area contributed by atoms with Crippen LogP contribution in [-0.2, 0) is 6.42 Å². The lowest BCUT2D eigenvalue weighted by Crippen LogP contribution is -2.03. The van der Waals surface area contributed by atoms with E-state index in [1.807, 2.05) is 5.38 Å². The molecule has 82 valence electrons. The lowest BCUT2D eigenvalue weighted by molar-refractivity contribution is 0.0993. The van der Waals surface area contributed by atoms with Crippen molar-refractivity contribution >= 4 is 44.7 Å². The zero-order valence-corrected chi connectivity index (χ0v) is 11.3. The highest BCUT2D eigenvalue weighted by Gasteiger charge is 2.10. The lowest BCUT2D eigenvalue weighted by atomic mass is 10.1. The normalized spacial score (nSPS) is 10.4. The third-order valence-electron chi connectivity index (χ3n) is 1.98. The number of hydrogen-bond acceptors (Lipinski definition) is 3. The molecule has 1 heterocycles. The lowest BCUT2D eigenvalue weighted by Gasteiger charge is -2.01. The maximum Gasteiger partial charge on any atom is 0.169 e. The van der Waals surface area contributed by atoms with E-state index in [1.54, 1.807) is 24.4 Å². The molecule has 0 radical (unpaired) electrons. The predicted molar refractivity (Wildman–Crippen MR) is 69.3 cm³/mol. The quantitative estimate of drug-likeness (QED) is 0.802. The van der Waals surface area contributed by atoms with Crippen LogP contribution in [0.25, 0.3) is 0 Å². The summed E-state index contributed by atoms with van der Waals surface area (Å²) in [7, 11) is 0. The van der Waals surface area contributed by atoms with Crippen LogP contribution in [0, 0.1) is 0 Å². The van der Waals surface area contributed by atoms with Gasteiger partial charge in [-0.1, -0.05) is 27.5 Å². The minimum Gasteiger partial charge on any atom is -0.294 e. The molecule has 2 rings (SSSR count). The summed E-state index contributed by atoms with van der Waals surface area (Å²) in [4.78, 5) is 16.0. The highest BCUT2D eigenvalue weighted by Crippen LogP contribution is 2.21. The van der Waals surface area contributed by atoms with Gasteiger partial charge in [-0.3, -0.25) is 4.79 Å². The van der Waals surface area contributed by atoms with Crippen LogP contribution in [-0.4, -0.2) is 10.8 Å². The predicted octanol–water partition coefficient (Wildman–Crippen LogP) is 3.98. The van der Waals surface area contributed by atoms with Crippen LogP contribution in [0.2, 0.25) is 5.02 Å². The number of aromatic nitrogens is 1. The van der Waals surface area contributed by atoms with Gasteiger partial charge in [-0.05, 0) is 18.2 Å². The molecular weight excluding hydrogens is 310 g/mol. The molecule has 0 saturated carbocycles. The van der Waals surface area contributed by atoms with Crippen LogP contribution in [0.15, 0.2) is 34.2 Å². The van der Waals surface area contributed by atoms with E-state index in [4.69, 9.17) is 11.6 Å². The fourth-order valence-electron chi connectivity index (χ4n) is 1.29. The Morgan fingerprint density at radius 1 is 1.44 bits per heavy atom. The topological polar surface area (TPSA) is 30.0 Å². The van der Waals surface area contributed by atoms with Crippen LogP contribution in [0.4, 0.5) is 0 Å². The number of thiazole rings is 1. The van der Waals surface area contributed by atoms with E-state index in [0.29, 0.717) is 17.0 Å². The second-order valence-electron chi connectivity index (χ2n) is 3.18. The summed E-state index contributed by atoms with van der Waals surface area (Å²) in [6, 6.07) is 5.19. The first-order chi connectivity index (χ1) is 7.65. The molecule has 0 aliphatic rings. The fraction of sp³-hybridized carbons (Fsp3) is 0.0909. The second kappa shape index (κ2) is 5.08. The summed E-state index contributed by atoms with van der Waals surface area (Å²) in [6.45, 7) is 0. The molecule has 0 spiro atoms. The molecule has 0 aliphatic carbocycles. The molecule has 0 amide bonds. The Hall–Kier alpha value is -0.710. The zero-order chi connectivity index (χ0) is 11.5. The van der Waals surface area contributed by atoms with Crippen LogP contribution in [0.3, 0.4) is 0 Å². The number of rotatable bonds is 3. The number of hydrogen-bond donors (Lipinski definition) is 0. The Balaban J connectivity index is 2.21. The van der Waals surface area contributed by atoms with Gasteiger partial charge in [0.2, 0.25) is 0 Å². The van der Waals surface area contributed by atoms with Gasteiger partial charge < -0.3 is 0 Å². The number of halogens is 2. The molecule has 0 bridgehead atoms. The zero-order valence-electron chi connectivity index (χ0n) is 8.11. The molecule has 0 N–H and O–H groups in total. The Morgan fingerprint density at radius 2 is 2.25 bits per heavy atom. The van der Waals surface area contributed by atoms with E-state index in [2.05, 4.69) is 20.9 Å². The third kappa shape index (κ3) is 2.90. The Labute approximate surface area is 110 Å². The second-order valence-corrected chi connectivity index (χ2v) is 5.52. The van der Waals surface area contributed by atoms with E-state index >= 15 is 0 Å². The summed E-state index contributed by atoms with van der Waals surface area (Å²) >= 11 is 10.7. The highest BCUT2D eigenvalue weighted by atomic mass is 79.9. The molecule has 0 saturated heterocycles. The van der Waals surface area contributed by atoms with Crippen LogP contribution in [0.5, 0.6) is 0 Å². The fourth-order valence-corrected chi connectivity index (χ4v) is 2.77. The standard InChI is InChI=1S/C11H7BrClNOS/c12-8-3-7(4-9(13)5-8)10(15)6-11-14-1-2-16-11/h1-5H,6H2. The number of benzene rings is 1. The molecule has 5 heteroatoms. The van der Waals surface area contributed by atoms with E-state index in [9.17, 15) is 4.79 Å². The molecule has 16 heavy (non-hydrogen) atoms. The van der Waals surface area contributed by atoms with Crippen molar-refractivity contribution in [3.63, 3.8) is 0 Å². The summed E-state index contributed by atoms with van der Waals surface area (Å²) in [5.41, 5.74) is 0.606. The first-order valence-electron chi connectivity index (χ1n) is 4.53. The average Bonchev–Trinajstić information content (AvgIpc) is 2.68. The summed E-state index contributed by atoms with van der Waals surface area (Å²) < 4.78 is 0.808. The van der Waals surface area contributed by atoms with Gasteiger partial charge in [-0.2, -0.15) is 0 Å². The molecule has 0 fully saturated rings. The Kier molecular flexibility index (Phi) is 3.74. The SMILES string of the molecule is O=C(Cc1nccs1)c1cc(Cl)cc(Br)c1. The first-order valence-corrected chi connectivity index (χ1v) is 6.58. The number of carbonyl (C=O) groups excluding carboxylic acids is 1. The largest absolute Gasteiger partial charge is 0.294 e. The van der Waals surface area contributed by atoms with E-state index in [0.717, 1.165) is 9.48 Å². The first kappa shape index (κ1) is 11.8. The molecule has 1 aromatic carbocycles. The Morgan fingerprint density at radius 3 is 2.88 bits per heavy atom. The average molecular weight is 317 g/mol. The third-order valence-corrected chi connectivity index (χ3v) is 3.44. The number of Topliss-reactive ketones (excluding diaryl/α,β-unsaturated/α-hetero) is 1. The summed E-state index contributed by atoms with van der Waals surface area (Å²) in [5.74, 6) is 0.0261.